The van der Waals surface area contributed by atoms with Gasteiger partial charge in [-0.25, -0.2) is 0 Å². The zero-order chi connectivity index (χ0) is 19.5. The molecule has 1 fully saturated rings. The lowest BCUT2D eigenvalue weighted by molar-refractivity contribution is -0.120. The second-order valence-electron chi connectivity index (χ2n) is 6.26. The van der Waals surface area contributed by atoms with E-state index in [1.807, 2.05) is 11.3 Å². The van der Waals surface area contributed by atoms with E-state index in [1.54, 1.807) is 14.2 Å². The zero-order valence-electron chi connectivity index (χ0n) is 16.4. The molecule has 0 spiro atoms. The highest BCUT2D eigenvalue weighted by molar-refractivity contribution is 7.12. The van der Waals surface area contributed by atoms with Crippen molar-refractivity contribution >= 4 is 23.2 Å². The van der Waals surface area contributed by atoms with Crippen LogP contribution in [0.4, 0.5) is 0 Å². The number of methoxy groups -OCH3 is 1. The lowest BCUT2D eigenvalue weighted by Gasteiger charge is -2.34. The number of hydrogen-bond acceptors (Lipinski definition) is 6. The van der Waals surface area contributed by atoms with Crippen LogP contribution in [0, 0.1) is 6.92 Å². The number of aryl methyl sites for hydroxylation is 1. The highest BCUT2D eigenvalue weighted by atomic mass is 32.1. The molecular weight excluding hydrogens is 366 g/mol. The van der Waals surface area contributed by atoms with Crippen molar-refractivity contribution in [2.75, 3.05) is 66.7 Å². The van der Waals surface area contributed by atoms with Crippen molar-refractivity contribution in [1.29, 1.82) is 0 Å². The van der Waals surface area contributed by atoms with E-state index >= 15 is 0 Å². The van der Waals surface area contributed by atoms with Gasteiger partial charge in [0.25, 0.3) is 0 Å². The fourth-order valence-electron chi connectivity index (χ4n) is 2.86. The Morgan fingerprint density at radius 3 is 2.74 bits per heavy atom. The standard InChI is InChI=1S/C18H31N5O3S/c1-14-4-5-16(27-14)15(23-7-10-26-11-8-23)12-21-18(19-2)22-13-17(24)20-6-9-25-3/h4-5,15H,6-13H2,1-3H3,(H,20,24)(H2,19,21,22). The molecule has 1 aromatic rings. The fourth-order valence-corrected chi connectivity index (χ4v) is 3.88. The normalized spacial score (nSPS) is 16.8. The molecule has 1 aliphatic heterocycles. The van der Waals surface area contributed by atoms with E-state index in [0.29, 0.717) is 25.7 Å². The molecule has 2 rings (SSSR count). The number of morpholine rings is 1. The Kier molecular flexibility index (Phi) is 9.54. The van der Waals surface area contributed by atoms with Gasteiger partial charge in [0.1, 0.15) is 0 Å². The van der Waals surface area contributed by atoms with Crippen molar-refractivity contribution < 1.29 is 14.3 Å². The van der Waals surface area contributed by atoms with Gasteiger partial charge in [0.15, 0.2) is 5.96 Å². The molecule has 9 heteroatoms. The van der Waals surface area contributed by atoms with E-state index in [2.05, 4.69) is 44.9 Å². The molecule has 0 bridgehead atoms. The van der Waals surface area contributed by atoms with Crippen LogP contribution in [0.1, 0.15) is 15.8 Å². The van der Waals surface area contributed by atoms with E-state index in [0.717, 1.165) is 26.3 Å². The lowest BCUT2D eigenvalue weighted by Crippen LogP contribution is -2.48. The molecule has 1 unspecified atom stereocenters. The maximum Gasteiger partial charge on any atom is 0.239 e. The quantitative estimate of drug-likeness (QED) is 0.317. The number of ether oxygens (including phenoxy) is 2. The van der Waals surface area contributed by atoms with Crippen LogP contribution in [-0.2, 0) is 14.3 Å². The SMILES string of the molecule is CN=C(NCC(=O)NCCOC)NCC(c1ccc(C)s1)N1CCOCC1. The number of amides is 1. The molecule has 3 N–H and O–H groups in total. The molecule has 1 aromatic heterocycles. The Hall–Kier alpha value is -1.68. The van der Waals surface area contributed by atoms with E-state index < -0.39 is 0 Å². The summed E-state index contributed by atoms with van der Waals surface area (Å²) in [4.78, 5) is 21.1. The summed E-state index contributed by atoms with van der Waals surface area (Å²) < 4.78 is 10.4. The maximum absolute atomic E-state index is 11.8. The molecular formula is C18H31N5O3S. The minimum atomic E-state index is -0.0892. The minimum Gasteiger partial charge on any atom is -0.383 e. The van der Waals surface area contributed by atoms with Crippen molar-refractivity contribution in [3.8, 4) is 0 Å². The van der Waals surface area contributed by atoms with Crippen LogP contribution in [0.2, 0.25) is 0 Å². The van der Waals surface area contributed by atoms with E-state index in [-0.39, 0.29) is 18.5 Å². The average molecular weight is 398 g/mol. The molecule has 0 aliphatic carbocycles. The largest absolute Gasteiger partial charge is 0.383 e. The number of nitrogens with one attached hydrogen (secondary N) is 3. The summed E-state index contributed by atoms with van der Waals surface area (Å²) in [6.07, 6.45) is 0. The van der Waals surface area contributed by atoms with E-state index in [1.165, 1.54) is 9.75 Å². The van der Waals surface area contributed by atoms with Crippen LogP contribution in [0.15, 0.2) is 17.1 Å². The monoisotopic (exact) mass is 397 g/mol. The molecule has 8 nitrogen and oxygen atoms in total. The Morgan fingerprint density at radius 2 is 2.11 bits per heavy atom. The number of carbonyl (C=O) groups excluding carboxylic acids is 1. The van der Waals surface area contributed by atoms with Gasteiger partial charge in [0, 0.05) is 50.1 Å². The Bertz CT molecular complexity index is 602. The minimum absolute atomic E-state index is 0.0892. The maximum atomic E-state index is 11.8. The lowest BCUT2D eigenvalue weighted by atomic mass is 10.2. The molecule has 0 saturated carbocycles. The highest BCUT2D eigenvalue weighted by Gasteiger charge is 2.24. The van der Waals surface area contributed by atoms with Crippen molar-refractivity contribution in [3.05, 3.63) is 21.9 Å². The van der Waals surface area contributed by atoms with Crippen LogP contribution in [-0.4, -0.2) is 83.5 Å². The van der Waals surface area contributed by atoms with Gasteiger partial charge in [0.2, 0.25) is 5.91 Å². The fraction of sp³-hybridized carbons (Fsp3) is 0.667. The summed E-state index contributed by atoms with van der Waals surface area (Å²) in [5.74, 6) is 0.525. The van der Waals surface area contributed by atoms with Crippen molar-refractivity contribution in [2.24, 2.45) is 4.99 Å². The Balaban J connectivity index is 1.87. The first-order chi connectivity index (χ1) is 13.1. The summed E-state index contributed by atoms with van der Waals surface area (Å²) >= 11 is 1.82. The number of rotatable bonds is 9. The second kappa shape index (κ2) is 11.9. The molecule has 0 aromatic carbocycles. The van der Waals surface area contributed by atoms with Crippen molar-refractivity contribution in [2.45, 2.75) is 13.0 Å². The summed E-state index contributed by atoms with van der Waals surface area (Å²) in [5, 5.41) is 9.19. The number of thiophene rings is 1. The second-order valence-corrected chi connectivity index (χ2v) is 7.58. The first kappa shape index (κ1) is 21.6. The van der Waals surface area contributed by atoms with Gasteiger partial charge in [-0.05, 0) is 19.1 Å². The van der Waals surface area contributed by atoms with Gasteiger partial charge in [-0.15, -0.1) is 11.3 Å². The Labute approximate surface area is 165 Å². The topological polar surface area (TPSA) is 87.2 Å². The summed E-state index contributed by atoms with van der Waals surface area (Å²) in [6, 6.07) is 4.60. The number of aliphatic imine (C=N–C) groups is 1. The van der Waals surface area contributed by atoms with Crippen molar-refractivity contribution in [3.63, 3.8) is 0 Å². The van der Waals surface area contributed by atoms with Gasteiger partial charge in [-0.3, -0.25) is 14.7 Å². The molecule has 1 aliphatic rings. The highest BCUT2D eigenvalue weighted by Crippen LogP contribution is 2.27. The number of carbonyl (C=O) groups is 1. The first-order valence-electron chi connectivity index (χ1n) is 9.22. The van der Waals surface area contributed by atoms with Gasteiger partial charge in [0.05, 0.1) is 32.4 Å². The molecule has 1 amide bonds. The van der Waals surface area contributed by atoms with Crippen molar-refractivity contribution in [1.82, 2.24) is 20.9 Å². The van der Waals surface area contributed by atoms with Crippen LogP contribution >= 0.6 is 11.3 Å². The van der Waals surface area contributed by atoms with Gasteiger partial charge < -0.3 is 25.4 Å². The van der Waals surface area contributed by atoms with Gasteiger partial charge in [-0.2, -0.15) is 0 Å². The van der Waals surface area contributed by atoms with Crippen LogP contribution < -0.4 is 16.0 Å². The van der Waals surface area contributed by atoms with Crippen LogP contribution in [0.3, 0.4) is 0 Å². The molecule has 27 heavy (non-hydrogen) atoms. The molecule has 0 radical (unpaired) electrons. The van der Waals surface area contributed by atoms with Crippen LogP contribution in [0.25, 0.3) is 0 Å². The van der Waals surface area contributed by atoms with E-state index in [9.17, 15) is 4.79 Å². The molecule has 1 saturated heterocycles. The summed E-state index contributed by atoms with van der Waals surface area (Å²) in [6.45, 7) is 7.36. The molecule has 1 atom stereocenters. The summed E-state index contributed by atoms with van der Waals surface area (Å²) in [5.41, 5.74) is 0. The molecule has 2 heterocycles. The van der Waals surface area contributed by atoms with Crippen LogP contribution in [0.5, 0.6) is 0 Å². The first-order valence-corrected chi connectivity index (χ1v) is 10.0. The molecule has 152 valence electrons. The number of nitrogens with zero attached hydrogens (tertiary/aromatic N) is 2. The average Bonchev–Trinajstić information content (AvgIpc) is 3.11. The predicted octanol–water partition coefficient (Wildman–Crippen LogP) is 0.357. The predicted molar refractivity (Wildman–Crippen MR) is 108 cm³/mol. The third kappa shape index (κ3) is 7.45. The number of hydrogen-bond donors (Lipinski definition) is 3. The van der Waals surface area contributed by atoms with E-state index in [4.69, 9.17) is 9.47 Å². The third-order valence-corrected chi connectivity index (χ3v) is 5.41. The van der Waals surface area contributed by atoms with Gasteiger partial charge in [-0.1, -0.05) is 0 Å². The Morgan fingerprint density at radius 1 is 1.33 bits per heavy atom. The third-order valence-electron chi connectivity index (χ3n) is 4.31. The number of guanidine groups is 1. The zero-order valence-corrected chi connectivity index (χ0v) is 17.2. The summed E-state index contributed by atoms with van der Waals surface area (Å²) in [7, 11) is 3.31. The van der Waals surface area contributed by atoms with Gasteiger partial charge >= 0.3 is 0 Å². The smallest absolute Gasteiger partial charge is 0.239 e.